The maximum atomic E-state index is 6.57. The molecule has 3 aliphatic rings. The Hall–Kier alpha value is -1.10. The van der Waals surface area contributed by atoms with E-state index >= 15 is 0 Å². The van der Waals surface area contributed by atoms with Gasteiger partial charge in [0.05, 0.1) is 13.2 Å². The van der Waals surface area contributed by atoms with Crippen molar-refractivity contribution in [3.05, 3.63) is 28.8 Å². The summed E-state index contributed by atoms with van der Waals surface area (Å²) < 4.78 is 12.1. The highest BCUT2D eigenvalue weighted by Crippen LogP contribution is 2.46. The van der Waals surface area contributed by atoms with E-state index in [1.54, 1.807) is 0 Å². The summed E-state index contributed by atoms with van der Waals surface area (Å²) in [5.41, 5.74) is 3.98. The molecule has 3 heterocycles. The Morgan fingerprint density at radius 3 is 2.77 bits per heavy atom. The van der Waals surface area contributed by atoms with Crippen LogP contribution in [0.4, 0.5) is 0 Å². The largest absolute Gasteiger partial charge is 0.485 e. The zero-order valence-corrected chi connectivity index (χ0v) is 13.7. The molecule has 0 aromatic heterocycles. The van der Waals surface area contributed by atoms with Gasteiger partial charge in [-0.2, -0.15) is 0 Å². The van der Waals surface area contributed by atoms with Crippen LogP contribution in [0, 0.1) is 13.8 Å². The van der Waals surface area contributed by atoms with Crippen LogP contribution < -0.4 is 10.1 Å². The summed E-state index contributed by atoms with van der Waals surface area (Å²) in [6.45, 7) is 10.2. The molecule has 4 rings (SSSR count). The van der Waals surface area contributed by atoms with Gasteiger partial charge < -0.3 is 14.8 Å². The molecule has 0 saturated carbocycles. The average Bonchev–Trinajstić information content (AvgIpc) is 2.97. The fraction of sp³-hybridized carbons (Fsp3) is 0.667. The van der Waals surface area contributed by atoms with Crippen LogP contribution in [0.25, 0.3) is 0 Å². The lowest BCUT2D eigenvalue weighted by molar-refractivity contribution is -0.0261. The van der Waals surface area contributed by atoms with Crippen molar-refractivity contribution in [3.8, 4) is 5.75 Å². The minimum atomic E-state index is -0.0179. The second-order valence-corrected chi connectivity index (χ2v) is 7.08. The van der Waals surface area contributed by atoms with Crippen molar-refractivity contribution in [1.29, 1.82) is 0 Å². The molecule has 4 nitrogen and oxygen atoms in total. The summed E-state index contributed by atoms with van der Waals surface area (Å²) in [7, 11) is 0. The summed E-state index contributed by atoms with van der Waals surface area (Å²) in [6, 6.07) is 5.04. The average molecular weight is 302 g/mol. The molecule has 4 heteroatoms. The van der Waals surface area contributed by atoms with E-state index in [4.69, 9.17) is 9.47 Å². The monoisotopic (exact) mass is 302 g/mol. The molecule has 2 fully saturated rings. The zero-order chi connectivity index (χ0) is 15.2. The van der Waals surface area contributed by atoms with Gasteiger partial charge in [-0.3, -0.25) is 4.90 Å². The van der Waals surface area contributed by atoms with Gasteiger partial charge in [-0.1, -0.05) is 17.7 Å². The lowest BCUT2D eigenvalue weighted by Gasteiger charge is -2.45. The molecule has 0 bridgehead atoms. The first-order valence-corrected chi connectivity index (χ1v) is 8.50. The van der Waals surface area contributed by atoms with Gasteiger partial charge in [0.2, 0.25) is 0 Å². The van der Waals surface area contributed by atoms with Crippen molar-refractivity contribution in [3.63, 3.8) is 0 Å². The normalized spacial score (nSPS) is 32.0. The van der Waals surface area contributed by atoms with Crippen molar-refractivity contribution in [2.75, 3.05) is 39.4 Å². The van der Waals surface area contributed by atoms with Gasteiger partial charge in [-0.15, -0.1) is 0 Å². The highest BCUT2D eigenvalue weighted by molar-refractivity contribution is 5.48. The predicted octanol–water partition coefficient (Wildman–Crippen LogP) is 2.19. The Balaban J connectivity index is 1.76. The molecule has 1 aromatic rings. The van der Waals surface area contributed by atoms with E-state index in [2.05, 4.69) is 36.2 Å². The molecule has 1 aromatic carbocycles. The first-order chi connectivity index (χ1) is 10.7. The van der Waals surface area contributed by atoms with Gasteiger partial charge in [0, 0.05) is 44.1 Å². The maximum absolute atomic E-state index is 6.57. The molecule has 0 radical (unpaired) electrons. The highest BCUT2D eigenvalue weighted by atomic mass is 16.5. The van der Waals surface area contributed by atoms with Gasteiger partial charge >= 0.3 is 0 Å². The third kappa shape index (κ3) is 2.43. The molecule has 2 atom stereocenters. The number of morpholine rings is 1. The fourth-order valence-electron chi connectivity index (χ4n) is 4.29. The van der Waals surface area contributed by atoms with Crippen LogP contribution in [0.5, 0.6) is 5.75 Å². The van der Waals surface area contributed by atoms with Crippen molar-refractivity contribution in [2.24, 2.45) is 0 Å². The SMILES string of the molecule is Cc1cc(C)c2c(c1)C(N1CCOCC1)CC1(CCNC1)O2. The minimum absolute atomic E-state index is 0.0179. The molecule has 0 amide bonds. The van der Waals surface area contributed by atoms with Crippen molar-refractivity contribution in [2.45, 2.75) is 38.3 Å². The number of rotatable bonds is 1. The lowest BCUT2D eigenvalue weighted by Crippen LogP contribution is -2.49. The van der Waals surface area contributed by atoms with E-state index in [-0.39, 0.29) is 5.60 Å². The Bertz CT molecular complexity index is 560. The van der Waals surface area contributed by atoms with Crippen molar-refractivity contribution < 1.29 is 9.47 Å². The van der Waals surface area contributed by atoms with E-state index in [0.29, 0.717) is 6.04 Å². The number of ether oxygens (including phenoxy) is 2. The second-order valence-electron chi connectivity index (χ2n) is 7.08. The number of nitrogens with zero attached hydrogens (tertiary/aromatic N) is 1. The third-order valence-corrected chi connectivity index (χ3v) is 5.38. The molecule has 1 spiro atoms. The number of aryl methyl sites for hydroxylation is 2. The summed E-state index contributed by atoms with van der Waals surface area (Å²) in [5.74, 6) is 1.14. The highest BCUT2D eigenvalue weighted by Gasteiger charge is 2.45. The van der Waals surface area contributed by atoms with Crippen LogP contribution in [0.15, 0.2) is 12.1 Å². The van der Waals surface area contributed by atoms with Crippen molar-refractivity contribution >= 4 is 0 Å². The molecule has 3 aliphatic heterocycles. The van der Waals surface area contributed by atoms with Crippen LogP contribution >= 0.6 is 0 Å². The summed E-state index contributed by atoms with van der Waals surface area (Å²) in [6.07, 6.45) is 2.20. The van der Waals surface area contributed by atoms with E-state index in [9.17, 15) is 0 Å². The first-order valence-electron chi connectivity index (χ1n) is 8.50. The van der Waals surface area contributed by atoms with Gasteiger partial charge in [-0.25, -0.2) is 0 Å². The van der Waals surface area contributed by atoms with Crippen molar-refractivity contribution in [1.82, 2.24) is 10.2 Å². The molecule has 1 N–H and O–H groups in total. The number of nitrogens with one attached hydrogen (secondary N) is 1. The zero-order valence-electron chi connectivity index (χ0n) is 13.7. The quantitative estimate of drug-likeness (QED) is 0.862. The smallest absolute Gasteiger partial charge is 0.127 e. The van der Waals surface area contributed by atoms with Gasteiger partial charge in [0.25, 0.3) is 0 Å². The summed E-state index contributed by atoms with van der Waals surface area (Å²) in [4.78, 5) is 2.60. The standard InChI is InChI=1S/C18H26N2O2/c1-13-9-14(2)17-15(10-13)16(20-5-7-21-8-6-20)11-18(22-17)3-4-19-12-18/h9-10,16,19H,3-8,11-12H2,1-2H3. The van der Waals surface area contributed by atoms with E-state index in [1.807, 2.05) is 0 Å². The molecule has 0 aliphatic carbocycles. The van der Waals surface area contributed by atoms with Gasteiger partial charge in [0.1, 0.15) is 11.4 Å². The summed E-state index contributed by atoms with van der Waals surface area (Å²) in [5, 5.41) is 3.50. The Morgan fingerprint density at radius 2 is 2.05 bits per heavy atom. The van der Waals surface area contributed by atoms with Gasteiger partial charge in [0.15, 0.2) is 0 Å². The predicted molar refractivity (Wildman–Crippen MR) is 86.5 cm³/mol. The first kappa shape index (κ1) is 14.5. The number of benzene rings is 1. The van der Waals surface area contributed by atoms with Crippen LogP contribution in [0.3, 0.4) is 0 Å². The van der Waals surface area contributed by atoms with E-state index in [0.717, 1.165) is 58.0 Å². The number of fused-ring (bicyclic) bond motifs is 1. The molecule has 2 saturated heterocycles. The lowest BCUT2D eigenvalue weighted by atomic mass is 9.84. The molecular formula is C18H26N2O2. The van der Waals surface area contributed by atoms with Crippen LogP contribution in [0.1, 0.15) is 35.6 Å². The van der Waals surface area contributed by atoms with Crippen LogP contribution in [-0.2, 0) is 4.74 Å². The minimum Gasteiger partial charge on any atom is -0.485 e. The van der Waals surface area contributed by atoms with Crippen LogP contribution in [0.2, 0.25) is 0 Å². The number of hydrogen-bond donors (Lipinski definition) is 1. The third-order valence-electron chi connectivity index (χ3n) is 5.38. The Labute approximate surface area is 132 Å². The molecule has 2 unspecified atom stereocenters. The Morgan fingerprint density at radius 1 is 1.23 bits per heavy atom. The van der Waals surface area contributed by atoms with Gasteiger partial charge in [-0.05, 0) is 26.0 Å². The molecule has 22 heavy (non-hydrogen) atoms. The van der Waals surface area contributed by atoms with Crippen LogP contribution in [-0.4, -0.2) is 49.9 Å². The Kier molecular flexibility index (Phi) is 3.63. The summed E-state index contributed by atoms with van der Waals surface area (Å²) >= 11 is 0. The second kappa shape index (κ2) is 5.52. The number of hydrogen-bond acceptors (Lipinski definition) is 4. The fourth-order valence-corrected chi connectivity index (χ4v) is 4.29. The topological polar surface area (TPSA) is 33.7 Å². The maximum Gasteiger partial charge on any atom is 0.127 e. The van der Waals surface area contributed by atoms with E-state index < -0.39 is 0 Å². The molecular weight excluding hydrogens is 276 g/mol. The molecule has 120 valence electrons. The van der Waals surface area contributed by atoms with E-state index in [1.165, 1.54) is 16.7 Å².